The molecule has 3 aromatic rings. The van der Waals surface area contributed by atoms with Crippen LogP contribution >= 0.6 is 0 Å². The van der Waals surface area contributed by atoms with Crippen molar-refractivity contribution in [1.82, 2.24) is 19.9 Å². The minimum Gasteiger partial charge on any atom is -0.386 e. The van der Waals surface area contributed by atoms with Crippen LogP contribution in [0.1, 0.15) is 38.2 Å². The first-order chi connectivity index (χ1) is 12.4. The number of aliphatic hydroxyl groups is 1. The summed E-state index contributed by atoms with van der Waals surface area (Å²) in [6, 6.07) is 7.25. The molecule has 0 spiro atoms. The van der Waals surface area contributed by atoms with Gasteiger partial charge < -0.3 is 16.2 Å². The van der Waals surface area contributed by atoms with Gasteiger partial charge in [-0.3, -0.25) is 9.59 Å². The minimum atomic E-state index is -1.21. The van der Waals surface area contributed by atoms with Crippen LogP contribution in [0.15, 0.2) is 36.5 Å². The van der Waals surface area contributed by atoms with Gasteiger partial charge in [0.1, 0.15) is 17.1 Å². The van der Waals surface area contributed by atoms with Gasteiger partial charge in [-0.25, -0.2) is 13.9 Å². The number of benzene rings is 1. The molecule has 0 fully saturated rings. The van der Waals surface area contributed by atoms with Crippen LogP contribution in [0, 0.1) is 12.7 Å². The molecule has 2 aromatic heterocycles. The first-order valence-electron chi connectivity index (χ1n) is 7.74. The highest BCUT2D eigenvalue weighted by molar-refractivity contribution is 6.00. The lowest BCUT2D eigenvalue weighted by Crippen LogP contribution is -2.30. The number of carbonyl (C=O) groups is 2. The second-order valence-corrected chi connectivity index (χ2v) is 5.69. The summed E-state index contributed by atoms with van der Waals surface area (Å²) in [5.74, 6) is -1.83. The van der Waals surface area contributed by atoms with Crippen LogP contribution in [0.4, 0.5) is 4.39 Å². The van der Waals surface area contributed by atoms with Gasteiger partial charge in [-0.2, -0.15) is 5.10 Å². The summed E-state index contributed by atoms with van der Waals surface area (Å²) < 4.78 is 14.9. The summed E-state index contributed by atoms with van der Waals surface area (Å²) in [4.78, 5) is 28.1. The molecule has 1 atom stereocenters. The fourth-order valence-corrected chi connectivity index (χ4v) is 2.55. The molecule has 0 bridgehead atoms. The zero-order chi connectivity index (χ0) is 18.8. The molecule has 0 unspecified atom stereocenters. The normalized spacial score (nSPS) is 12.1. The smallest absolute Gasteiger partial charge is 0.270 e. The molecular weight excluding hydrogens is 341 g/mol. The lowest BCUT2D eigenvalue weighted by Gasteiger charge is -2.13. The lowest BCUT2D eigenvalue weighted by atomic mass is 10.1. The predicted octanol–water partition coefficient (Wildman–Crippen LogP) is 0.739. The lowest BCUT2D eigenvalue weighted by molar-refractivity contribution is 0.0905. The number of aliphatic hydroxyl groups excluding tert-OH is 1. The van der Waals surface area contributed by atoms with E-state index in [0.29, 0.717) is 5.69 Å². The Balaban J connectivity index is 1.84. The second-order valence-electron chi connectivity index (χ2n) is 5.69. The molecule has 0 saturated carbocycles. The van der Waals surface area contributed by atoms with Gasteiger partial charge in [0.15, 0.2) is 5.65 Å². The third-order valence-electron chi connectivity index (χ3n) is 3.82. The molecule has 2 amide bonds. The number of primary amides is 1. The largest absolute Gasteiger partial charge is 0.386 e. The molecule has 1 aromatic carbocycles. The van der Waals surface area contributed by atoms with E-state index < -0.39 is 23.7 Å². The van der Waals surface area contributed by atoms with E-state index in [1.165, 1.54) is 35.0 Å². The molecule has 2 heterocycles. The maximum atomic E-state index is 13.7. The Morgan fingerprint density at radius 3 is 2.81 bits per heavy atom. The predicted molar refractivity (Wildman–Crippen MR) is 89.9 cm³/mol. The Kier molecular flexibility index (Phi) is 4.63. The van der Waals surface area contributed by atoms with Crippen molar-refractivity contribution in [3.63, 3.8) is 0 Å². The number of nitrogens with zero attached hydrogens (tertiary/aromatic N) is 3. The summed E-state index contributed by atoms with van der Waals surface area (Å²) >= 11 is 0. The number of rotatable bonds is 5. The van der Waals surface area contributed by atoms with Crippen LogP contribution < -0.4 is 11.1 Å². The summed E-state index contributed by atoms with van der Waals surface area (Å²) in [6.07, 6.45) is 0.0205. The van der Waals surface area contributed by atoms with E-state index in [4.69, 9.17) is 5.73 Å². The maximum absolute atomic E-state index is 13.7. The molecule has 0 aliphatic rings. The molecule has 26 heavy (non-hydrogen) atoms. The third-order valence-corrected chi connectivity index (χ3v) is 3.82. The van der Waals surface area contributed by atoms with Gasteiger partial charge in [-0.1, -0.05) is 18.2 Å². The number of fused-ring (bicyclic) bond motifs is 1. The van der Waals surface area contributed by atoms with Crippen molar-refractivity contribution >= 4 is 17.5 Å². The van der Waals surface area contributed by atoms with E-state index >= 15 is 0 Å². The molecule has 0 radical (unpaired) electrons. The monoisotopic (exact) mass is 357 g/mol. The fourth-order valence-electron chi connectivity index (χ4n) is 2.55. The Morgan fingerprint density at radius 1 is 1.38 bits per heavy atom. The van der Waals surface area contributed by atoms with Crippen molar-refractivity contribution in [2.45, 2.75) is 13.0 Å². The van der Waals surface area contributed by atoms with Gasteiger partial charge in [-0.15, -0.1) is 0 Å². The summed E-state index contributed by atoms with van der Waals surface area (Å²) in [5, 5.41) is 16.6. The van der Waals surface area contributed by atoms with Gasteiger partial charge >= 0.3 is 0 Å². The molecular formula is C17H16FN5O3. The number of nitrogens with two attached hydrogens (primary N) is 1. The summed E-state index contributed by atoms with van der Waals surface area (Å²) in [6.45, 7) is 1.45. The van der Waals surface area contributed by atoms with E-state index in [-0.39, 0.29) is 29.0 Å². The Bertz CT molecular complexity index is 1000. The SMILES string of the molecule is Cc1cc(C(=O)NC[C@H](O)c2ccccc2F)n2ncc(C(N)=O)c2n1. The first kappa shape index (κ1) is 17.5. The highest BCUT2D eigenvalue weighted by Crippen LogP contribution is 2.16. The van der Waals surface area contributed by atoms with Crippen molar-refractivity contribution < 1.29 is 19.1 Å². The van der Waals surface area contributed by atoms with Gasteiger partial charge in [0, 0.05) is 17.8 Å². The number of carbonyl (C=O) groups excluding carboxylic acids is 2. The Morgan fingerprint density at radius 2 is 2.12 bits per heavy atom. The van der Waals surface area contributed by atoms with Crippen LogP contribution in [0.25, 0.3) is 5.65 Å². The van der Waals surface area contributed by atoms with Crippen LogP contribution in [0.5, 0.6) is 0 Å². The van der Waals surface area contributed by atoms with E-state index in [2.05, 4.69) is 15.4 Å². The number of aromatic nitrogens is 3. The average molecular weight is 357 g/mol. The highest BCUT2D eigenvalue weighted by atomic mass is 19.1. The molecule has 8 nitrogen and oxygen atoms in total. The van der Waals surface area contributed by atoms with Crippen molar-refractivity contribution in [2.24, 2.45) is 5.73 Å². The average Bonchev–Trinajstić information content (AvgIpc) is 3.03. The molecule has 134 valence electrons. The van der Waals surface area contributed by atoms with E-state index in [1.54, 1.807) is 13.0 Å². The third kappa shape index (κ3) is 3.24. The number of hydrogen-bond acceptors (Lipinski definition) is 5. The van der Waals surface area contributed by atoms with Crippen molar-refractivity contribution in [2.75, 3.05) is 6.54 Å². The zero-order valence-electron chi connectivity index (χ0n) is 13.8. The number of amides is 2. The van der Waals surface area contributed by atoms with Crippen LogP contribution in [-0.2, 0) is 0 Å². The Labute approximate surface area is 147 Å². The van der Waals surface area contributed by atoms with Crippen molar-refractivity contribution in [3.8, 4) is 0 Å². The quantitative estimate of drug-likeness (QED) is 0.621. The van der Waals surface area contributed by atoms with Crippen LogP contribution in [-0.4, -0.2) is 38.1 Å². The van der Waals surface area contributed by atoms with Crippen molar-refractivity contribution in [3.05, 3.63) is 64.9 Å². The molecule has 9 heteroatoms. The fraction of sp³-hybridized carbons (Fsp3) is 0.176. The number of halogens is 1. The first-order valence-corrected chi connectivity index (χ1v) is 7.74. The molecule has 0 aliphatic heterocycles. The molecule has 0 aliphatic carbocycles. The standard InChI is InChI=1S/C17H16FN5O3/c1-9-6-13(23-16(22-9)11(7-21-23)15(19)25)17(26)20-8-14(24)10-4-2-3-5-12(10)18/h2-7,14,24H,8H2,1H3,(H2,19,25)(H,20,26)/t14-/m0/s1. The Hall–Kier alpha value is -3.33. The summed E-state index contributed by atoms with van der Waals surface area (Å²) in [5.41, 5.74) is 6.21. The second kappa shape index (κ2) is 6.89. The van der Waals surface area contributed by atoms with E-state index in [1.807, 2.05) is 0 Å². The van der Waals surface area contributed by atoms with E-state index in [9.17, 15) is 19.1 Å². The highest BCUT2D eigenvalue weighted by Gasteiger charge is 2.19. The van der Waals surface area contributed by atoms with Crippen LogP contribution in [0.2, 0.25) is 0 Å². The van der Waals surface area contributed by atoms with Gasteiger partial charge in [-0.05, 0) is 19.1 Å². The topological polar surface area (TPSA) is 123 Å². The molecule has 4 N–H and O–H groups in total. The number of aryl methyl sites for hydroxylation is 1. The molecule has 3 rings (SSSR count). The summed E-state index contributed by atoms with van der Waals surface area (Å²) in [7, 11) is 0. The van der Waals surface area contributed by atoms with E-state index in [0.717, 1.165) is 0 Å². The van der Waals surface area contributed by atoms with Gasteiger partial charge in [0.25, 0.3) is 11.8 Å². The minimum absolute atomic E-state index is 0.0824. The zero-order valence-corrected chi connectivity index (χ0v) is 13.8. The number of nitrogens with one attached hydrogen (secondary N) is 1. The van der Waals surface area contributed by atoms with Gasteiger partial charge in [0.05, 0.1) is 12.3 Å². The van der Waals surface area contributed by atoms with Crippen molar-refractivity contribution in [1.29, 1.82) is 0 Å². The maximum Gasteiger partial charge on any atom is 0.270 e. The molecule has 0 saturated heterocycles. The number of hydrogen-bond donors (Lipinski definition) is 3. The van der Waals surface area contributed by atoms with Crippen LogP contribution in [0.3, 0.4) is 0 Å². The van der Waals surface area contributed by atoms with Gasteiger partial charge in [0.2, 0.25) is 0 Å².